The number of nitrogens with one attached hydrogen (secondary N) is 1. The third-order valence-corrected chi connectivity index (χ3v) is 4.98. The standard InChI is InChI=1S/C17H21N3O2S/c1-11-15(12(2)21)8-13(9-18)17(19-11)23-10-16(22)20-14-6-4-3-5-7-14/h8,14H,3-7,10H2,1-2H3,(H,20,22). The number of nitriles is 1. The highest BCUT2D eigenvalue weighted by atomic mass is 32.2. The van der Waals surface area contributed by atoms with Crippen LogP contribution in [0.4, 0.5) is 0 Å². The normalized spacial score (nSPS) is 15.0. The van der Waals surface area contributed by atoms with Crippen LogP contribution in [0.5, 0.6) is 0 Å². The predicted molar refractivity (Wildman–Crippen MR) is 89.4 cm³/mol. The van der Waals surface area contributed by atoms with Crippen molar-refractivity contribution in [3.8, 4) is 6.07 Å². The Morgan fingerprint density at radius 1 is 1.39 bits per heavy atom. The molecule has 1 heterocycles. The van der Waals surface area contributed by atoms with Crippen LogP contribution >= 0.6 is 11.8 Å². The molecular formula is C17H21N3O2S. The zero-order chi connectivity index (χ0) is 16.8. The molecule has 0 radical (unpaired) electrons. The Balaban J connectivity index is 1.99. The first-order valence-corrected chi connectivity index (χ1v) is 8.84. The van der Waals surface area contributed by atoms with Gasteiger partial charge in [-0.2, -0.15) is 5.26 Å². The minimum absolute atomic E-state index is 0.0270. The Bertz CT molecular complexity index is 646. The molecule has 122 valence electrons. The van der Waals surface area contributed by atoms with Crippen molar-refractivity contribution in [3.63, 3.8) is 0 Å². The van der Waals surface area contributed by atoms with E-state index < -0.39 is 0 Å². The summed E-state index contributed by atoms with van der Waals surface area (Å²) in [7, 11) is 0. The second kappa shape index (κ2) is 8.11. The maximum Gasteiger partial charge on any atom is 0.230 e. The lowest BCUT2D eigenvalue weighted by Gasteiger charge is -2.22. The molecule has 6 heteroatoms. The Morgan fingerprint density at radius 2 is 2.09 bits per heavy atom. The Morgan fingerprint density at radius 3 is 2.70 bits per heavy atom. The molecule has 1 aromatic heterocycles. The van der Waals surface area contributed by atoms with Crippen molar-refractivity contribution < 1.29 is 9.59 Å². The number of Topliss-reactive ketones (excluding diaryl/α,β-unsaturated/α-hetero) is 1. The highest BCUT2D eigenvalue weighted by Crippen LogP contribution is 2.23. The van der Waals surface area contributed by atoms with E-state index in [9.17, 15) is 14.9 Å². The van der Waals surface area contributed by atoms with Gasteiger partial charge in [-0.15, -0.1) is 0 Å². The second-order valence-corrected chi connectivity index (χ2v) is 6.80. The fourth-order valence-electron chi connectivity index (χ4n) is 2.78. The predicted octanol–water partition coefficient (Wildman–Crippen LogP) is 3.01. The van der Waals surface area contributed by atoms with Gasteiger partial charge in [0.2, 0.25) is 5.91 Å². The number of amides is 1. The van der Waals surface area contributed by atoms with E-state index in [1.807, 2.05) is 0 Å². The third kappa shape index (κ3) is 4.80. The molecule has 1 saturated carbocycles. The zero-order valence-electron chi connectivity index (χ0n) is 13.5. The highest BCUT2D eigenvalue weighted by molar-refractivity contribution is 8.00. The molecule has 0 aromatic carbocycles. The van der Waals surface area contributed by atoms with E-state index in [-0.39, 0.29) is 23.5 Å². The zero-order valence-corrected chi connectivity index (χ0v) is 14.3. The highest BCUT2D eigenvalue weighted by Gasteiger charge is 2.17. The third-order valence-electron chi connectivity index (χ3n) is 3.99. The van der Waals surface area contributed by atoms with Crippen LogP contribution in [-0.2, 0) is 4.79 Å². The van der Waals surface area contributed by atoms with Crippen molar-refractivity contribution in [2.24, 2.45) is 0 Å². The summed E-state index contributed by atoms with van der Waals surface area (Å²) in [5.41, 5.74) is 1.39. The van der Waals surface area contributed by atoms with Gasteiger partial charge in [-0.25, -0.2) is 4.98 Å². The van der Waals surface area contributed by atoms with Crippen LogP contribution in [0.1, 0.15) is 60.6 Å². The van der Waals surface area contributed by atoms with E-state index in [1.54, 1.807) is 13.0 Å². The molecule has 0 spiro atoms. The number of ketones is 1. The van der Waals surface area contributed by atoms with Crippen LogP contribution in [-0.4, -0.2) is 28.5 Å². The number of aromatic nitrogens is 1. The van der Waals surface area contributed by atoms with Gasteiger partial charge in [0, 0.05) is 17.3 Å². The fourth-order valence-corrected chi connectivity index (χ4v) is 3.59. The van der Waals surface area contributed by atoms with E-state index in [1.165, 1.54) is 37.9 Å². The largest absolute Gasteiger partial charge is 0.353 e. The van der Waals surface area contributed by atoms with Gasteiger partial charge in [0.25, 0.3) is 0 Å². The van der Waals surface area contributed by atoms with Gasteiger partial charge in [-0.3, -0.25) is 9.59 Å². The van der Waals surface area contributed by atoms with Crippen LogP contribution in [0.3, 0.4) is 0 Å². The number of hydrogen-bond donors (Lipinski definition) is 1. The molecule has 1 fully saturated rings. The molecule has 0 bridgehead atoms. The molecule has 23 heavy (non-hydrogen) atoms. The van der Waals surface area contributed by atoms with E-state index in [4.69, 9.17) is 0 Å². The van der Waals surface area contributed by atoms with Crippen LogP contribution in [0.25, 0.3) is 0 Å². The van der Waals surface area contributed by atoms with Gasteiger partial charge in [-0.05, 0) is 32.8 Å². The number of carbonyl (C=O) groups excluding carboxylic acids is 2. The number of thioether (sulfide) groups is 1. The van der Waals surface area contributed by atoms with Crippen LogP contribution in [0.2, 0.25) is 0 Å². The van der Waals surface area contributed by atoms with Crippen molar-refractivity contribution in [2.75, 3.05) is 5.75 Å². The molecule has 1 amide bonds. The monoisotopic (exact) mass is 331 g/mol. The van der Waals surface area contributed by atoms with Crippen LogP contribution in [0.15, 0.2) is 11.1 Å². The first-order valence-electron chi connectivity index (χ1n) is 7.86. The lowest BCUT2D eigenvalue weighted by molar-refractivity contribution is -0.119. The molecule has 1 aliphatic carbocycles. The van der Waals surface area contributed by atoms with Gasteiger partial charge in [-0.1, -0.05) is 31.0 Å². The summed E-state index contributed by atoms with van der Waals surface area (Å²) in [4.78, 5) is 27.9. The van der Waals surface area contributed by atoms with E-state index in [0.29, 0.717) is 21.8 Å². The van der Waals surface area contributed by atoms with E-state index >= 15 is 0 Å². The number of hydrogen-bond acceptors (Lipinski definition) is 5. The lowest BCUT2D eigenvalue weighted by Crippen LogP contribution is -2.37. The maximum atomic E-state index is 12.0. The molecule has 0 atom stereocenters. The fraction of sp³-hybridized carbons (Fsp3) is 0.529. The quantitative estimate of drug-likeness (QED) is 0.662. The number of carbonyl (C=O) groups is 2. The molecule has 1 aromatic rings. The van der Waals surface area contributed by atoms with Crippen molar-refractivity contribution in [3.05, 3.63) is 22.9 Å². The molecular weight excluding hydrogens is 310 g/mol. The molecule has 0 saturated heterocycles. The molecule has 1 N–H and O–H groups in total. The molecule has 2 rings (SSSR count). The molecule has 0 aliphatic heterocycles. The summed E-state index contributed by atoms with van der Waals surface area (Å²) in [6, 6.07) is 3.90. The van der Waals surface area contributed by atoms with Gasteiger partial charge in [0.1, 0.15) is 11.1 Å². The number of pyridine rings is 1. The summed E-state index contributed by atoms with van der Waals surface area (Å²) in [6.45, 7) is 3.19. The SMILES string of the molecule is CC(=O)c1cc(C#N)c(SCC(=O)NC2CCCCC2)nc1C. The lowest BCUT2D eigenvalue weighted by atomic mass is 9.95. The van der Waals surface area contributed by atoms with Crippen molar-refractivity contribution in [1.29, 1.82) is 5.26 Å². The Labute approximate surface area is 140 Å². The Kier molecular flexibility index (Phi) is 6.17. The minimum atomic E-state index is -0.113. The molecule has 1 aliphatic rings. The summed E-state index contributed by atoms with van der Waals surface area (Å²) in [5.74, 6) is 0.0933. The minimum Gasteiger partial charge on any atom is -0.353 e. The molecule has 5 nitrogen and oxygen atoms in total. The van der Waals surface area contributed by atoms with Crippen molar-refractivity contribution in [1.82, 2.24) is 10.3 Å². The summed E-state index contributed by atoms with van der Waals surface area (Å²) >= 11 is 1.25. The van der Waals surface area contributed by atoms with Gasteiger partial charge >= 0.3 is 0 Å². The average molecular weight is 331 g/mol. The number of nitrogens with zero attached hydrogens (tertiary/aromatic N) is 2. The van der Waals surface area contributed by atoms with Gasteiger partial charge < -0.3 is 5.32 Å². The van der Waals surface area contributed by atoms with E-state index in [0.717, 1.165) is 12.8 Å². The summed E-state index contributed by atoms with van der Waals surface area (Å²) in [6.07, 6.45) is 5.68. The van der Waals surface area contributed by atoms with E-state index in [2.05, 4.69) is 16.4 Å². The number of aryl methyl sites for hydroxylation is 1. The smallest absolute Gasteiger partial charge is 0.230 e. The van der Waals surface area contributed by atoms with Crippen LogP contribution < -0.4 is 5.32 Å². The first kappa shape index (κ1) is 17.5. The maximum absolute atomic E-state index is 12.0. The topological polar surface area (TPSA) is 82.8 Å². The number of rotatable bonds is 5. The molecule has 0 unspecified atom stereocenters. The second-order valence-electron chi connectivity index (χ2n) is 5.83. The van der Waals surface area contributed by atoms with Gasteiger partial charge in [0.05, 0.1) is 11.3 Å². The summed E-state index contributed by atoms with van der Waals surface area (Å²) < 4.78 is 0. The van der Waals surface area contributed by atoms with Crippen molar-refractivity contribution >= 4 is 23.5 Å². The van der Waals surface area contributed by atoms with Crippen LogP contribution in [0, 0.1) is 18.3 Å². The van der Waals surface area contributed by atoms with Gasteiger partial charge in [0.15, 0.2) is 5.78 Å². The summed E-state index contributed by atoms with van der Waals surface area (Å²) in [5, 5.41) is 12.8. The average Bonchev–Trinajstić information content (AvgIpc) is 2.53. The first-order chi connectivity index (χ1) is 11.0. The Hall–Kier alpha value is -1.87. The van der Waals surface area contributed by atoms with Crippen molar-refractivity contribution in [2.45, 2.75) is 57.0 Å².